The molecule has 0 aliphatic rings. The van der Waals surface area contributed by atoms with Gasteiger partial charge in [0.25, 0.3) is 0 Å². The van der Waals surface area contributed by atoms with Crippen LogP contribution in [0.4, 0.5) is 0 Å². The van der Waals surface area contributed by atoms with E-state index in [1.54, 1.807) is 6.07 Å². The molecule has 0 saturated heterocycles. The molecule has 0 fully saturated rings. The van der Waals surface area contributed by atoms with Crippen LogP contribution in [-0.2, 0) is 0 Å². The van der Waals surface area contributed by atoms with Crippen LogP contribution in [0.2, 0.25) is 5.15 Å². The molecule has 0 saturated carbocycles. The highest BCUT2D eigenvalue weighted by Gasteiger charge is 2.12. The van der Waals surface area contributed by atoms with Crippen LogP contribution in [-0.4, -0.2) is 25.2 Å². The quantitative estimate of drug-likeness (QED) is 0.628. The largest absolute Gasteiger partial charge is 0.489 e. The number of likely N-dealkylation sites (N-methyl/N-ethyl adjacent to an activating group) is 1. The van der Waals surface area contributed by atoms with Crippen molar-refractivity contribution >= 4 is 54.4 Å². The Hall–Kier alpha value is -0.360. The lowest BCUT2D eigenvalue weighted by Crippen LogP contribution is -2.16. The minimum absolute atomic E-state index is 0.450. The van der Waals surface area contributed by atoms with Gasteiger partial charge in [-0.3, -0.25) is 0 Å². The second kappa shape index (κ2) is 6.19. The van der Waals surface area contributed by atoms with Gasteiger partial charge < -0.3 is 10.1 Å². The molecule has 18 heavy (non-hydrogen) atoms. The van der Waals surface area contributed by atoms with Gasteiger partial charge in [-0.25, -0.2) is 4.98 Å². The molecule has 1 N–H and O–H groups in total. The van der Waals surface area contributed by atoms with E-state index >= 15 is 0 Å². The minimum Gasteiger partial charge on any atom is -0.489 e. The van der Waals surface area contributed by atoms with Gasteiger partial charge in [0.2, 0.25) is 0 Å². The standard InChI is InChI=1S/C12H11Br2ClN2O/c1-16-4-5-18-12-9(14)6-8(13)7-2-3-10(15)17-11(7)12/h2-3,6,16H,4-5H2,1H3. The Morgan fingerprint density at radius 3 is 2.83 bits per heavy atom. The molecule has 2 rings (SSSR count). The van der Waals surface area contributed by atoms with Gasteiger partial charge in [0.05, 0.1) is 4.47 Å². The van der Waals surface area contributed by atoms with Crippen LogP contribution in [0, 0.1) is 0 Å². The van der Waals surface area contributed by atoms with E-state index in [2.05, 4.69) is 42.2 Å². The zero-order valence-corrected chi connectivity index (χ0v) is 13.6. The lowest BCUT2D eigenvalue weighted by Gasteiger charge is -2.12. The van der Waals surface area contributed by atoms with Gasteiger partial charge >= 0.3 is 0 Å². The number of nitrogens with one attached hydrogen (secondary N) is 1. The monoisotopic (exact) mass is 392 g/mol. The highest BCUT2D eigenvalue weighted by molar-refractivity contribution is 9.11. The summed E-state index contributed by atoms with van der Waals surface area (Å²) in [4.78, 5) is 4.34. The van der Waals surface area contributed by atoms with Crippen molar-refractivity contribution in [3.8, 4) is 5.75 Å². The molecule has 0 atom stereocenters. The summed E-state index contributed by atoms with van der Waals surface area (Å²) in [7, 11) is 1.88. The summed E-state index contributed by atoms with van der Waals surface area (Å²) < 4.78 is 7.56. The van der Waals surface area contributed by atoms with E-state index in [-0.39, 0.29) is 0 Å². The third-order valence-electron chi connectivity index (χ3n) is 2.40. The summed E-state index contributed by atoms with van der Waals surface area (Å²) in [6.07, 6.45) is 0. The third kappa shape index (κ3) is 2.96. The Kier molecular flexibility index (Phi) is 4.84. The van der Waals surface area contributed by atoms with Crippen LogP contribution in [0.1, 0.15) is 0 Å². The number of hydrogen-bond donors (Lipinski definition) is 1. The van der Waals surface area contributed by atoms with Gasteiger partial charge in [-0.05, 0) is 41.2 Å². The molecule has 0 aliphatic heterocycles. The normalized spacial score (nSPS) is 10.9. The van der Waals surface area contributed by atoms with Crippen molar-refractivity contribution in [3.63, 3.8) is 0 Å². The summed E-state index contributed by atoms with van der Waals surface area (Å²) in [6, 6.07) is 5.64. The fraction of sp³-hybridized carbons (Fsp3) is 0.250. The molecule has 0 bridgehead atoms. The SMILES string of the molecule is CNCCOc1c(Br)cc(Br)c2ccc(Cl)nc12. The summed E-state index contributed by atoms with van der Waals surface area (Å²) in [6.45, 7) is 1.34. The Morgan fingerprint density at radius 1 is 1.33 bits per heavy atom. The molecule has 6 heteroatoms. The van der Waals surface area contributed by atoms with Gasteiger partial charge in [-0.2, -0.15) is 0 Å². The molecule has 3 nitrogen and oxygen atoms in total. The van der Waals surface area contributed by atoms with Gasteiger partial charge in [0, 0.05) is 16.4 Å². The number of fused-ring (bicyclic) bond motifs is 1. The number of pyridine rings is 1. The van der Waals surface area contributed by atoms with E-state index in [0.29, 0.717) is 17.5 Å². The number of aromatic nitrogens is 1. The molecule has 1 aromatic heterocycles. The summed E-state index contributed by atoms with van der Waals surface area (Å²) in [5.74, 6) is 0.714. The summed E-state index contributed by atoms with van der Waals surface area (Å²) in [5.41, 5.74) is 0.750. The van der Waals surface area contributed by atoms with Crippen LogP contribution in [0.15, 0.2) is 27.1 Å². The number of benzene rings is 1. The van der Waals surface area contributed by atoms with Crippen LogP contribution >= 0.6 is 43.5 Å². The fourth-order valence-corrected chi connectivity index (χ4v) is 3.10. The van der Waals surface area contributed by atoms with Crippen molar-refractivity contribution in [1.82, 2.24) is 10.3 Å². The molecular formula is C12H11Br2ClN2O. The first kappa shape index (κ1) is 14.1. The highest BCUT2D eigenvalue weighted by atomic mass is 79.9. The highest BCUT2D eigenvalue weighted by Crippen LogP contribution is 2.38. The first-order valence-corrected chi connectivity index (χ1v) is 7.31. The lowest BCUT2D eigenvalue weighted by atomic mass is 10.2. The molecule has 1 aromatic carbocycles. The van der Waals surface area contributed by atoms with Crippen LogP contribution < -0.4 is 10.1 Å². The van der Waals surface area contributed by atoms with Crippen LogP contribution in [0.25, 0.3) is 10.9 Å². The van der Waals surface area contributed by atoms with Gasteiger partial charge in [0.1, 0.15) is 17.3 Å². The second-order valence-electron chi connectivity index (χ2n) is 3.65. The zero-order valence-electron chi connectivity index (χ0n) is 9.64. The number of ether oxygens (including phenoxy) is 1. The third-order valence-corrected chi connectivity index (χ3v) is 3.86. The topological polar surface area (TPSA) is 34.1 Å². The Balaban J connectivity index is 2.52. The molecule has 0 spiro atoms. The first-order chi connectivity index (χ1) is 8.63. The molecule has 0 radical (unpaired) electrons. The van der Waals surface area contributed by atoms with Gasteiger partial charge in [-0.1, -0.05) is 27.5 Å². The Bertz CT molecular complexity index is 577. The number of hydrogen-bond acceptors (Lipinski definition) is 3. The smallest absolute Gasteiger partial charge is 0.159 e. The predicted octanol–water partition coefficient (Wildman–Crippen LogP) is 4.01. The summed E-state index contributed by atoms with van der Waals surface area (Å²) >= 11 is 12.9. The minimum atomic E-state index is 0.450. The predicted molar refractivity (Wildman–Crippen MR) is 81.6 cm³/mol. The first-order valence-electron chi connectivity index (χ1n) is 5.35. The molecule has 2 aromatic rings. The Labute approximate surface area is 127 Å². The lowest BCUT2D eigenvalue weighted by molar-refractivity contribution is 0.319. The maximum absolute atomic E-state index is 5.95. The van der Waals surface area contributed by atoms with Gasteiger partial charge in [-0.15, -0.1) is 0 Å². The average Bonchev–Trinajstić information content (AvgIpc) is 2.33. The van der Waals surface area contributed by atoms with E-state index in [4.69, 9.17) is 16.3 Å². The van der Waals surface area contributed by atoms with Crippen molar-refractivity contribution < 1.29 is 4.74 Å². The molecule has 0 aliphatic carbocycles. The molecule has 0 unspecified atom stereocenters. The van der Waals surface area contributed by atoms with Gasteiger partial charge in [0.15, 0.2) is 5.75 Å². The van der Waals surface area contributed by atoms with E-state index in [0.717, 1.165) is 26.4 Å². The maximum Gasteiger partial charge on any atom is 0.159 e. The fourth-order valence-electron chi connectivity index (χ4n) is 1.56. The average molecular weight is 394 g/mol. The van der Waals surface area contributed by atoms with E-state index in [1.807, 2.05) is 19.2 Å². The van der Waals surface area contributed by atoms with Crippen LogP contribution in [0.3, 0.4) is 0 Å². The number of nitrogens with zero attached hydrogens (tertiary/aromatic N) is 1. The Morgan fingerprint density at radius 2 is 2.11 bits per heavy atom. The second-order valence-corrected chi connectivity index (χ2v) is 5.75. The molecule has 0 amide bonds. The molecule has 1 heterocycles. The van der Waals surface area contributed by atoms with E-state index in [9.17, 15) is 0 Å². The molecule has 96 valence electrons. The van der Waals surface area contributed by atoms with E-state index < -0.39 is 0 Å². The van der Waals surface area contributed by atoms with Crippen molar-refractivity contribution in [2.45, 2.75) is 0 Å². The van der Waals surface area contributed by atoms with Crippen molar-refractivity contribution in [3.05, 3.63) is 32.3 Å². The van der Waals surface area contributed by atoms with Crippen LogP contribution in [0.5, 0.6) is 5.75 Å². The molecular weight excluding hydrogens is 383 g/mol. The number of rotatable bonds is 4. The number of halogens is 3. The van der Waals surface area contributed by atoms with Crippen molar-refractivity contribution in [1.29, 1.82) is 0 Å². The van der Waals surface area contributed by atoms with E-state index in [1.165, 1.54) is 0 Å². The summed E-state index contributed by atoms with van der Waals surface area (Å²) in [5, 5.41) is 4.46. The van der Waals surface area contributed by atoms with Crippen molar-refractivity contribution in [2.75, 3.05) is 20.2 Å². The zero-order chi connectivity index (χ0) is 13.1. The maximum atomic E-state index is 5.95. The van der Waals surface area contributed by atoms with Crippen molar-refractivity contribution in [2.24, 2.45) is 0 Å².